The highest BCUT2D eigenvalue weighted by molar-refractivity contribution is 5.02. The van der Waals surface area contributed by atoms with Gasteiger partial charge in [0.1, 0.15) is 5.82 Å². The molecule has 0 aromatic carbocycles. The predicted molar refractivity (Wildman–Crippen MR) is 176 cm³/mol. The summed E-state index contributed by atoms with van der Waals surface area (Å²) >= 11 is 0. The second kappa shape index (κ2) is 27.4. The topological polar surface area (TPSA) is 17.8 Å². The van der Waals surface area contributed by atoms with Crippen LogP contribution in [0.4, 0.5) is 0 Å². The molecule has 0 aliphatic heterocycles. The number of aromatic nitrogens is 2. The van der Waals surface area contributed by atoms with Crippen LogP contribution >= 0.6 is 0 Å². The summed E-state index contributed by atoms with van der Waals surface area (Å²) in [5.41, 5.74) is 0. The number of unbranched alkanes of at least 4 members (excludes halogenated alkanes) is 24. The molecule has 39 heavy (non-hydrogen) atoms. The van der Waals surface area contributed by atoms with Crippen LogP contribution < -0.4 is 0 Å². The van der Waals surface area contributed by atoms with E-state index in [4.69, 9.17) is 4.98 Å². The van der Waals surface area contributed by atoms with E-state index in [-0.39, 0.29) is 0 Å². The Morgan fingerprint density at radius 1 is 0.487 bits per heavy atom. The number of imidazole rings is 1. The van der Waals surface area contributed by atoms with Crippen LogP contribution in [0.15, 0.2) is 12.4 Å². The third-order valence-corrected chi connectivity index (χ3v) is 8.93. The highest BCUT2D eigenvalue weighted by Crippen LogP contribution is 2.29. The molecule has 0 fully saturated rings. The average molecular weight is 545 g/mol. The molecule has 0 aliphatic carbocycles. The molecule has 1 aromatic rings. The van der Waals surface area contributed by atoms with E-state index >= 15 is 0 Å². The summed E-state index contributed by atoms with van der Waals surface area (Å²) in [6.07, 6.45) is 44.3. The minimum absolute atomic E-state index is 0.517. The molecule has 0 spiro atoms. The molecule has 1 rings (SSSR count). The van der Waals surface area contributed by atoms with Crippen molar-refractivity contribution in [2.75, 3.05) is 0 Å². The Balaban J connectivity index is 2.14. The van der Waals surface area contributed by atoms with Gasteiger partial charge in [0.15, 0.2) is 0 Å². The van der Waals surface area contributed by atoms with Crippen molar-refractivity contribution in [3.05, 3.63) is 18.2 Å². The third kappa shape index (κ3) is 20.7. The molecule has 0 amide bonds. The van der Waals surface area contributed by atoms with Gasteiger partial charge >= 0.3 is 0 Å². The van der Waals surface area contributed by atoms with E-state index in [0.29, 0.717) is 12.0 Å². The van der Waals surface area contributed by atoms with E-state index in [2.05, 4.69) is 38.5 Å². The molecule has 0 saturated heterocycles. The van der Waals surface area contributed by atoms with E-state index < -0.39 is 0 Å². The third-order valence-electron chi connectivity index (χ3n) is 8.93. The van der Waals surface area contributed by atoms with Gasteiger partial charge in [0.2, 0.25) is 0 Å². The van der Waals surface area contributed by atoms with Gasteiger partial charge in [-0.1, -0.05) is 181 Å². The quantitative estimate of drug-likeness (QED) is 0.0880. The maximum atomic E-state index is 4.86. The molecular formula is C37H72N2. The average Bonchev–Trinajstić information content (AvgIpc) is 3.43. The lowest BCUT2D eigenvalue weighted by Gasteiger charge is -2.20. The van der Waals surface area contributed by atoms with Crippen molar-refractivity contribution < 1.29 is 0 Å². The van der Waals surface area contributed by atoms with Crippen LogP contribution in [0.2, 0.25) is 0 Å². The summed E-state index contributed by atoms with van der Waals surface area (Å²) in [4.78, 5) is 4.86. The lowest BCUT2D eigenvalue weighted by molar-refractivity contribution is 0.441. The molecular weight excluding hydrogens is 472 g/mol. The van der Waals surface area contributed by atoms with E-state index in [1.165, 1.54) is 186 Å². The Labute approximate surface area is 246 Å². The first-order chi connectivity index (χ1) is 19.2. The van der Waals surface area contributed by atoms with Crippen molar-refractivity contribution >= 4 is 0 Å². The van der Waals surface area contributed by atoms with Crippen molar-refractivity contribution in [2.24, 2.45) is 0 Å². The molecule has 2 nitrogen and oxygen atoms in total. The molecule has 0 bridgehead atoms. The summed E-state index contributed by atoms with van der Waals surface area (Å²) in [7, 11) is 0. The second-order valence-electron chi connectivity index (χ2n) is 13.0. The van der Waals surface area contributed by atoms with Crippen molar-refractivity contribution in [3.8, 4) is 0 Å². The van der Waals surface area contributed by atoms with E-state index in [1.54, 1.807) is 0 Å². The normalized spacial score (nSPS) is 11.8. The Morgan fingerprint density at radius 2 is 0.795 bits per heavy atom. The van der Waals surface area contributed by atoms with Crippen molar-refractivity contribution in [1.29, 1.82) is 0 Å². The Bertz CT molecular complexity index is 574. The lowest BCUT2D eigenvalue weighted by atomic mass is 9.93. The van der Waals surface area contributed by atoms with Gasteiger partial charge in [-0.15, -0.1) is 0 Å². The fourth-order valence-electron chi connectivity index (χ4n) is 6.30. The largest absolute Gasteiger partial charge is 0.332 e. The van der Waals surface area contributed by atoms with Crippen LogP contribution in [0.1, 0.15) is 225 Å². The first kappa shape index (κ1) is 36.2. The fourth-order valence-corrected chi connectivity index (χ4v) is 6.30. The Hall–Kier alpha value is -0.790. The van der Waals surface area contributed by atoms with Crippen LogP contribution in [-0.4, -0.2) is 9.55 Å². The summed E-state index contributed by atoms with van der Waals surface area (Å²) in [6, 6.07) is 0.517. The van der Waals surface area contributed by atoms with Gasteiger partial charge in [-0.3, -0.25) is 0 Å². The van der Waals surface area contributed by atoms with Gasteiger partial charge in [-0.2, -0.15) is 0 Å². The van der Waals surface area contributed by atoms with E-state index in [0.717, 1.165) is 0 Å². The maximum absolute atomic E-state index is 4.86. The summed E-state index contributed by atoms with van der Waals surface area (Å²) in [5.74, 6) is 2.02. The van der Waals surface area contributed by atoms with Crippen LogP contribution in [0.5, 0.6) is 0 Å². The molecule has 0 radical (unpaired) electrons. The molecule has 0 N–H and O–H groups in total. The zero-order valence-corrected chi connectivity index (χ0v) is 27.5. The molecule has 230 valence electrons. The first-order valence-corrected chi connectivity index (χ1v) is 18.2. The van der Waals surface area contributed by atoms with E-state index in [1.807, 2.05) is 6.20 Å². The zero-order valence-electron chi connectivity index (χ0n) is 27.5. The van der Waals surface area contributed by atoms with Crippen LogP contribution in [0.25, 0.3) is 0 Å². The van der Waals surface area contributed by atoms with Crippen molar-refractivity contribution in [3.63, 3.8) is 0 Å². The fraction of sp³-hybridized carbons (Fsp3) is 0.919. The summed E-state index contributed by atoms with van der Waals surface area (Å²) < 4.78 is 2.44. The Morgan fingerprint density at radius 3 is 1.10 bits per heavy atom. The van der Waals surface area contributed by atoms with Crippen LogP contribution in [0, 0.1) is 0 Å². The maximum Gasteiger partial charge on any atom is 0.111 e. The van der Waals surface area contributed by atoms with Gasteiger partial charge in [0.05, 0.1) is 0 Å². The second-order valence-corrected chi connectivity index (χ2v) is 13.0. The molecule has 0 saturated carbocycles. The van der Waals surface area contributed by atoms with Crippen molar-refractivity contribution in [1.82, 2.24) is 9.55 Å². The van der Waals surface area contributed by atoms with Gasteiger partial charge in [0.25, 0.3) is 0 Å². The summed E-state index contributed by atoms with van der Waals surface area (Å²) in [5, 5.41) is 0. The number of hydrogen-bond acceptors (Lipinski definition) is 1. The number of nitrogens with zero attached hydrogens (tertiary/aromatic N) is 2. The molecule has 0 aliphatic rings. The van der Waals surface area contributed by atoms with Crippen molar-refractivity contribution in [2.45, 2.75) is 219 Å². The standard InChI is InChI=1S/C37H72N2/c1-5-7-9-11-13-15-17-19-21-23-25-27-29-31-36(37-38-33-34-39(37)35(3)4)32-30-28-26-24-22-20-18-16-14-12-10-8-6-2/h33-36H,5-32H2,1-4H3. The van der Waals surface area contributed by atoms with Gasteiger partial charge in [0, 0.05) is 24.4 Å². The van der Waals surface area contributed by atoms with Crippen LogP contribution in [-0.2, 0) is 0 Å². The minimum Gasteiger partial charge on any atom is -0.332 e. The Kier molecular flexibility index (Phi) is 25.4. The van der Waals surface area contributed by atoms with E-state index in [9.17, 15) is 0 Å². The SMILES string of the molecule is CCCCCCCCCCCCCCCC(CCCCCCCCCCCCCCC)c1nccn1C(C)C. The highest BCUT2D eigenvalue weighted by atomic mass is 15.1. The minimum atomic E-state index is 0.517. The molecule has 0 unspecified atom stereocenters. The van der Waals surface area contributed by atoms with Gasteiger partial charge in [-0.05, 0) is 26.7 Å². The van der Waals surface area contributed by atoms with Gasteiger partial charge in [-0.25, -0.2) is 4.98 Å². The number of rotatable bonds is 30. The molecule has 2 heteroatoms. The lowest BCUT2D eigenvalue weighted by Crippen LogP contribution is -2.11. The molecule has 1 heterocycles. The molecule has 1 aromatic heterocycles. The van der Waals surface area contributed by atoms with Gasteiger partial charge < -0.3 is 4.57 Å². The predicted octanol–water partition coefficient (Wildman–Crippen LogP) is 13.5. The number of hydrogen-bond donors (Lipinski definition) is 0. The first-order valence-electron chi connectivity index (χ1n) is 18.2. The zero-order chi connectivity index (χ0) is 28.2. The van der Waals surface area contributed by atoms with Crippen LogP contribution in [0.3, 0.4) is 0 Å². The highest BCUT2D eigenvalue weighted by Gasteiger charge is 2.18. The summed E-state index contributed by atoms with van der Waals surface area (Å²) in [6.45, 7) is 9.22. The molecule has 0 atom stereocenters. The monoisotopic (exact) mass is 545 g/mol. The smallest absolute Gasteiger partial charge is 0.111 e.